The predicted octanol–water partition coefficient (Wildman–Crippen LogP) is 2.72. The van der Waals surface area contributed by atoms with Gasteiger partial charge < -0.3 is 10.2 Å². The van der Waals surface area contributed by atoms with Crippen molar-refractivity contribution in [3.8, 4) is 0 Å². The van der Waals surface area contributed by atoms with Crippen LogP contribution < -0.4 is 0 Å². The average molecular weight is 226 g/mol. The van der Waals surface area contributed by atoms with Gasteiger partial charge in [0.15, 0.2) is 0 Å². The van der Waals surface area contributed by atoms with Crippen LogP contribution in [0.1, 0.15) is 58.3 Å². The second-order valence-electron chi connectivity index (χ2n) is 5.86. The first-order chi connectivity index (χ1) is 7.72. The van der Waals surface area contributed by atoms with Crippen LogP contribution in [0.5, 0.6) is 0 Å². The number of hydrogen-bond acceptors (Lipinski definition) is 2. The second kappa shape index (κ2) is 5.50. The topological polar surface area (TPSA) is 40.5 Å². The molecule has 16 heavy (non-hydrogen) atoms. The van der Waals surface area contributed by atoms with Gasteiger partial charge in [-0.2, -0.15) is 0 Å². The van der Waals surface area contributed by atoms with Gasteiger partial charge >= 0.3 is 0 Å². The molecular formula is C14H26O2. The van der Waals surface area contributed by atoms with Crippen LogP contribution in [0.3, 0.4) is 0 Å². The van der Waals surface area contributed by atoms with E-state index < -0.39 is 0 Å². The van der Waals surface area contributed by atoms with Gasteiger partial charge in [0.2, 0.25) is 0 Å². The monoisotopic (exact) mass is 226 g/mol. The maximum Gasteiger partial charge on any atom is 0.0572 e. The van der Waals surface area contributed by atoms with Crippen molar-refractivity contribution in [3.63, 3.8) is 0 Å². The molecule has 2 rings (SSSR count). The van der Waals surface area contributed by atoms with E-state index in [9.17, 15) is 10.2 Å². The van der Waals surface area contributed by atoms with Crippen molar-refractivity contribution in [1.82, 2.24) is 0 Å². The molecule has 2 aliphatic rings. The Morgan fingerprint density at radius 2 is 1.69 bits per heavy atom. The normalized spacial score (nSPS) is 44.8. The molecule has 5 unspecified atom stereocenters. The molecule has 2 saturated carbocycles. The predicted molar refractivity (Wildman–Crippen MR) is 65.1 cm³/mol. The molecule has 2 aliphatic carbocycles. The number of rotatable bonds is 3. The molecule has 0 bridgehead atoms. The van der Waals surface area contributed by atoms with Crippen LogP contribution in [0, 0.1) is 17.8 Å². The fourth-order valence-corrected chi connectivity index (χ4v) is 3.88. The molecule has 2 heteroatoms. The quantitative estimate of drug-likeness (QED) is 0.777. The van der Waals surface area contributed by atoms with E-state index in [4.69, 9.17) is 0 Å². The summed E-state index contributed by atoms with van der Waals surface area (Å²) in [5.41, 5.74) is 0. The number of aliphatic hydroxyl groups excluding tert-OH is 2. The van der Waals surface area contributed by atoms with Gasteiger partial charge in [0.1, 0.15) is 0 Å². The van der Waals surface area contributed by atoms with Gasteiger partial charge in [0, 0.05) is 0 Å². The van der Waals surface area contributed by atoms with E-state index in [1.807, 2.05) is 0 Å². The smallest absolute Gasteiger partial charge is 0.0572 e. The molecule has 0 spiro atoms. The minimum Gasteiger partial charge on any atom is -0.393 e. The Balaban J connectivity index is 1.95. The van der Waals surface area contributed by atoms with Crippen molar-refractivity contribution in [2.24, 2.45) is 17.8 Å². The molecule has 0 saturated heterocycles. The van der Waals surface area contributed by atoms with Crippen LogP contribution in [0.25, 0.3) is 0 Å². The first-order valence-corrected chi connectivity index (χ1v) is 7.08. The summed E-state index contributed by atoms with van der Waals surface area (Å²) in [4.78, 5) is 0. The maximum absolute atomic E-state index is 10.1. The summed E-state index contributed by atoms with van der Waals surface area (Å²) in [6.07, 6.45) is 8.78. The van der Waals surface area contributed by atoms with Gasteiger partial charge in [-0.25, -0.2) is 0 Å². The largest absolute Gasteiger partial charge is 0.393 e. The van der Waals surface area contributed by atoms with E-state index >= 15 is 0 Å². The summed E-state index contributed by atoms with van der Waals surface area (Å²) < 4.78 is 0. The molecule has 0 aromatic heterocycles. The third kappa shape index (κ3) is 2.60. The first-order valence-electron chi connectivity index (χ1n) is 7.08. The molecule has 0 aliphatic heterocycles. The SMILES string of the molecule is CCCC1CCC(O)C(C2CCCC2O)C1. The Labute approximate surface area is 99.1 Å². The minimum absolute atomic E-state index is 0.139. The maximum atomic E-state index is 10.1. The van der Waals surface area contributed by atoms with Gasteiger partial charge in [-0.1, -0.05) is 26.2 Å². The van der Waals surface area contributed by atoms with E-state index in [0.717, 1.165) is 38.0 Å². The van der Waals surface area contributed by atoms with Crippen molar-refractivity contribution < 1.29 is 10.2 Å². The highest BCUT2D eigenvalue weighted by Crippen LogP contribution is 2.42. The van der Waals surface area contributed by atoms with Crippen molar-refractivity contribution in [2.45, 2.75) is 70.5 Å². The average Bonchev–Trinajstić information content (AvgIpc) is 2.68. The molecule has 94 valence electrons. The van der Waals surface area contributed by atoms with E-state index in [1.165, 1.54) is 19.3 Å². The Bertz CT molecular complexity index is 217. The molecule has 0 radical (unpaired) electrons. The van der Waals surface area contributed by atoms with Crippen LogP contribution in [-0.4, -0.2) is 22.4 Å². The lowest BCUT2D eigenvalue weighted by Crippen LogP contribution is -2.37. The van der Waals surface area contributed by atoms with Crippen LogP contribution in [0.15, 0.2) is 0 Å². The minimum atomic E-state index is -0.147. The van der Waals surface area contributed by atoms with Crippen LogP contribution in [0.4, 0.5) is 0 Å². The van der Waals surface area contributed by atoms with E-state index in [1.54, 1.807) is 0 Å². The van der Waals surface area contributed by atoms with Crippen molar-refractivity contribution >= 4 is 0 Å². The molecule has 0 aromatic rings. The van der Waals surface area contributed by atoms with Gasteiger partial charge in [-0.15, -0.1) is 0 Å². The number of aliphatic hydroxyl groups is 2. The summed E-state index contributed by atoms with van der Waals surface area (Å²) in [6, 6.07) is 0. The lowest BCUT2D eigenvalue weighted by atomic mass is 9.71. The van der Waals surface area contributed by atoms with E-state index in [-0.39, 0.29) is 12.2 Å². The zero-order valence-corrected chi connectivity index (χ0v) is 10.4. The summed E-state index contributed by atoms with van der Waals surface area (Å²) in [5, 5.41) is 20.1. The van der Waals surface area contributed by atoms with Crippen LogP contribution in [0.2, 0.25) is 0 Å². The highest BCUT2D eigenvalue weighted by Gasteiger charge is 2.39. The van der Waals surface area contributed by atoms with Crippen LogP contribution in [-0.2, 0) is 0 Å². The van der Waals surface area contributed by atoms with E-state index in [2.05, 4.69) is 6.92 Å². The Morgan fingerprint density at radius 3 is 2.31 bits per heavy atom. The van der Waals surface area contributed by atoms with Crippen molar-refractivity contribution in [1.29, 1.82) is 0 Å². The van der Waals surface area contributed by atoms with E-state index in [0.29, 0.717) is 11.8 Å². The summed E-state index contributed by atoms with van der Waals surface area (Å²) in [6.45, 7) is 2.24. The number of hydrogen-bond donors (Lipinski definition) is 2. The second-order valence-corrected chi connectivity index (χ2v) is 5.86. The molecule has 2 N–H and O–H groups in total. The first kappa shape index (κ1) is 12.4. The molecule has 0 aromatic carbocycles. The lowest BCUT2D eigenvalue weighted by molar-refractivity contribution is -0.0175. The zero-order valence-electron chi connectivity index (χ0n) is 10.4. The highest BCUT2D eigenvalue weighted by atomic mass is 16.3. The van der Waals surface area contributed by atoms with Crippen molar-refractivity contribution in [2.75, 3.05) is 0 Å². The third-order valence-corrected chi connectivity index (χ3v) is 4.75. The Kier molecular flexibility index (Phi) is 4.26. The molecule has 2 fully saturated rings. The summed E-state index contributed by atoms with van der Waals surface area (Å²) in [5.74, 6) is 1.56. The zero-order chi connectivity index (χ0) is 11.5. The van der Waals surface area contributed by atoms with Gasteiger partial charge in [-0.3, -0.25) is 0 Å². The van der Waals surface area contributed by atoms with Gasteiger partial charge in [0.25, 0.3) is 0 Å². The standard InChI is InChI=1S/C14H26O2/c1-2-4-10-7-8-14(16)12(9-10)11-5-3-6-13(11)15/h10-16H,2-9H2,1H3. The fraction of sp³-hybridized carbons (Fsp3) is 1.00. The molecular weight excluding hydrogens is 200 g/mol. The summed E-state index contributed by atoms with van der Waals surface area (Å²) in [7, 11) is 0. The highest BCUT2D eigenvalue weighted by molar-refractivity contribution is 4.90. The lowest BCUT2D eigenvalue weighted by Gasteiger charge is -2.38. The molecule has 0 amide bonds. The molecule has 5 atom stereocenters. The third-order valence-electron chi connectivity index (χ3n) is 4.75. The van der Waals surface area contributed by atoms with Gasteiger partial charge in [0.05, 0.1) is 12.2 Å². The molecule has 2 nitrogen and oxygen atoms in total. The Hall–Kier alpha value is -0.0800. The van der Waals surface area contributed by atoms with Crippen LogP contribution >= 0.6 is 0 Å². The summed E-state index contributed by atoms with van der Waals surface area (Å²) >= 11 is 0. The fourth-order valence-electron chi connectivity index (χ4n) is 3.88. The van der Waals surface area contributed by atoms with Gasteiger partial charge in [-0.05, 0) is 49.9 Å². The Morgan fingerprint density at radius 1 is 0.938 bits per heavy atom. The van der Waals surface area contributed by atoms with Crippen molar-refractivity contribution in [3.05, 3.63) is 0 Å². The molecule has 0 heterocycles.